The van der Waals surface area contributed by atoms with Gasteiger partial charge in [0.2, 0.25) is 0 Å². The zero-order chi connectivity index (χ0) is 14.0. The predicted octanol–water partition coefficient (Wildman–Crippen LogP) is 0.820. The fraction of sp³-hybridized carbons (Fsp3) is 0.846. The van der Waals surface area contributed by atoms with Gasteiger partial charge >= 0.3 is 12.0 Å². The molecule has 6 heteroatoms. The van der Waals surface area contributed by atoms with Gasteiger partial charge in [0.15, 0.2) is 0 Å². The second kappa shape index (κ2) is 5.77. The summed E-state index contributed by atoms with van der Waals surface area (Å²) in [5, 5.41) is 14.7. The van der Waals surface area contributed by atoms with Crippen molar-refractivity contribution < 1.29 is 19.4 Å². The van der Waals surface area contributed by atoms with Gasteiger partial charge in [-0.05, 0) is 24.7 Å². The molecule has 2 amide bonds. The number of nitrogens with one attached hydrogen (secondary N) is 2. The molecule has 19 heavy (non-hydrogen) atoms. The quantitative estimate of drug-likeness (QED) is 0.708. The van der Waals surface area contributed by atoms with Crippen LogP contribution in [0.2, 0.25) is 0 Å². The van der Waals surface area contributed by atoms with Gasteiger partial charge in [-0.15, -0.1) is 0 Å². The molecule has 1 aliphatic carbocycles. The molecule has 1 aliphatic heterocycles. The molecule has 2 fully saturated rings. The maximum atomic E-state index is 11.9. The first-order chi connectivity index (χ1) is 8.99. The average Bonchev–Trinajstić information content (AvgIpc) is 2.91. The summed E-state index contributed by atoms with van der Waals surface area (Å²) in [6.07, 6.45) is 2.11. The largest absolute Gasteiger partial charge is 0.481 e. The monoisotopic (exact) mass is 270 g/mol. The Labute approximate surface area is 112 Å². The van der Waals surface area contributed by atoms with Gasteiger partial charge < -0.3 is 20.5 Å². The van der Waals surface area contributed by atoms with Crippen LogP contribution in [0.25, 0.3) is 0 Å². The Hall–Kier alpha value is -1.30. The van der Waals surface area contributed by atoms with Crippen molar-refractivity contribution in [1.29, 1.82) is 0 Å². The maximum Gasteiger partial charge on any atom is 0.315 e. The number of amides is 2. The van der Waals surface area contributed by atoms with E-state index in [0.717, 1.165) is 12.8 Å². The molecule has 1 saturated heterocycles. The van der Waals surface area contributed by atoms with Gasteiger partial charge in [0, 0.05) is 6.04 Å². The smallest absolute Gasteiger partial charge is 0.315 e. The number of hydrogen-bond donors (Lipinski definition) is 3. The van der Waals surface area contributed by atoms with Crippen molar-refractivity contribution in [1.82, 2.24) is 10.6 Å². The molecule has 3 N–H and O–H groups in total. The number of carboxylic acid groups (broad SMARTS) is 1. The van der Waals surface area contributed by atoms with E-state index in [2.05, 4.69) is 24.5 Å². The fourth-order valence-corrected chi connectivity index (χ4v) is 2.89. The zero-order valence-corrected chi connectivity index (χ0v) is 11.4. The lowest BCUT2D eigenvalue weighted by Gasteiger charge is -2.22. The number of ether oxygens (including phenoxy) is 1. The Kier molecular flexibility index (Phi) is 4.29. The van der Waals surface area contributed by atoms with Crippen LogP contribution in [0.1, 0.15) is 26.7 Å². The molecule has 2 rings (SSSR count). The van der Waals surface area contributed by atoms with Crippen LogP contribution in [-0.4, -0.2) is 42.4 Å². The molecule has 0 radical (unpaired) electrons. The molecule has 108 valence electrons. The van der Waals surface area contributed by atoms with Crippen LogP contribution in [-0.2, 0) is 9.53 Å². The number of carbonyl (C=O) groups excluding carboxylic acids is 1. The molecule has 0 bridgehead atoms. The number of carbonyl (C=O) groups is 2. The van der Waals surface area contributed by atoms with Crippen LogP contribution in [0.3, 0.4) is 0 Å². The first-order valence-electron chi connectivity index (χ1n) is 6.86. The molecule has 0 spiro atoms. The van der Waals surface area contributed by atoms with Crippen molar-refractivity contribution in [3.8, 4) is 0 Å². The van der Waals surface area contributed by atoms with Gasteiger partial charge in [-0.1, -0.05) is 13.8 Å². The second-order valence-corrected chi connectivity index (χ2v) is 5.73. The number of urea groups is 1. The van der Waals surface area contributed by atoms with E-state index in [1.165, 1.54) is 0 Å². The summed E-state index contributed by atoms with van der Waals surface area (Å²) in [6.45, 7) is 4.76. The van der Waals surface area contributed by atoms with Crippen molar-refractivity contribution in [2.45, 2.75) is 38.8 Å². The Morgan fingerprint density at radius 3 is 2.37 bits per heavy atom. The molecule has 1 saturated carbocycles. The van der Waals surface area contributed by atoms with E-state index in [0.29, 0.717) is 11.8 Å². The van der Waals surface area contributed by atoms with Gasteiger partial charge in [0.1, 0.15) is 5.92 Å². The lowest BCUT2D eigenvalue weighted by molar-refractivity contribution is -0.142. The molecule has 0 aromatic heterocycles. The fourth-order valence-electron chi connectivity index (χ4n) is 2.89. The highest BCUT2D eigenvalue weighted by Gasteiger charge is 2.36. The standard InChI is InChI=1S/C13H22N2O4/c1-7-3-4-10(8(7)2)14-13(18)15-11-6-19-5-9(11)12(16)17/h7-11H,3-6H2,1-2H3,(H,16,17)(H2,14,15,18). The summed E-state index contributed by atoms with van der Waals surface area (Å²) < 4.78 is 5.12. The lowest BCUT2D eigenvalue weighted by atomic mass is 9.98. The summed E-state index contributed by atoms with van der Waals surface area (Å²) in [5.41, 5.74) is 0. The van der Waals surface area contributed by atoms with E-state index in [1.807, 2.05) is 0 Å². The zero-order valence-electron chi connectivity index (χ0n) is 11.4. The third-order valence-corrected chi connectivity index (χ3v) is 4.50. The molecule has 5 unspecified atom stereocenters. The van der Waals surface area contributed by atoms with E-state index < -0.39 is 17.9 Å². The Balaban J connectivity index is 1.83. The molecule has 2 aliphatic rings. The lowest BCUT2D eigenvalue weighted by Crippen LogP contribution is -2.50. The summed E-state index contributed by atoms with van der Waals surface area (Å²) in [4.78, 5) is 22.9. The van der Waals surface area contributed by atoms with Crippen molar-refractivity contribution >= 4 is 12.0 Å². The minimum Gasteiger partial charge on any atom is -0.481 e. The van der Waals surface area contributed by atoms with Crippen molar-refractivity contribution in [2.24, 2.45) is 17.8 Å². The first kappa shape index (κ1) is 14.1. The van der Waals surface area contributed by atoms with Crippen LogP contribution >= 0.6 is 0 Å². The predicted molar refractivity (Wildman–Crippen MR) is 68.8 cm³/mol. The van der Waals surface area contributed by atoms with E-state index in [9.17, 15) is 9.59 Å². The van der Waals surface area contributed by atoms with E-state index in [-0.39, 0.29) is 25.3 Å². The van der Waals surface area contributed by atoms with Crippen LogP contribution in [0.15, 0.2) is 0 Å². The highest BCUT2D eigenvalue weighted by atomic mass is 16.5. The van der Waals surface area contributed by atoms with Crippen molar-refractivity contribution in [2.75, 3.05) is 13.2 Å². The summed E-state index contributed by atoms with van der Waals surface area (Å²) in [7, 11) is 0. The number of aliphatic carboxylic acids is 1. The Morgan fingerprint density at radius 2 is 1.79 bits per heavy atom. The van der Waals surface area contributed by atoms with E-state index in [4.69, 9.17) is 9.84 Å². The van der Waals surface area contributed by atoms with Crippen LogP contribution in [0.5, 0.6) is 0 Å². The normalized spacial score (nSPS) is 38.1. The topological polar surface area (TPSA) is 87.7 Å². The highest BCUT2D eigenvalue weighted by Crippen LogP contribution is 2.31. The molecular formula is C13H22N2O4. The van der Waals surface area contributed by atoms with E-state index >= 15 is 0 Å². The summed E-state index contributed by atoms with van der Waals surface area (Å²) >= 11 is 0. The maximum absolute atomic E-state index is 11.9. The molecule has 6 nitrogen and oxygen atoms in total. The van der Waals surface area contributed by atoms with Crippen molar-refractivity contribution in [3.05, 3.63) is 0 Å². The van der Waals surface area contributed by atoms with Gasteiger partial charge in [0.25, 0.3) is 0 Å². The van der Waals surface area contributed by atoms with Gasteiger partial charge in [-0.25, -0.2) is 4.79 Å². The van der Waals surface area contributed by atoms with Crippen molar-refractivity contribution in [3.63, 3.8) is 0 Å². The second-order valence-electron chi connectivity index (χ2n) is 5.73. The molecule has 0 aromatic rings. The molecule has 0 aromatic carbocycles. The SMILES string of the molecule is CC1CCC(NC(=O)NC2COCC2C(=O)O)C1C. The third kappa shape index (κ3) is 3.18. The highest BCUT2D eigenvalue weighted by molar-refractivity contribution is 5.77. The van der Waals surface area contributed by atoms with Gasteiger partial charge in [-0.3, -0.25) is 4.79 Å². The average molecular weight is 270 g/mol. The van der Waals surface area contributed by atoms with E-state index in [1.54, 1.807) is 0 Å². The first-order valence-corrected chi connectivity index (χ1v) is 6.86. The van der Waals surface area contributed by atoms with Gasteiger partial charge in [0.05, 0.1) is 19.3 Å². The molecular weight excluding hydrogens is 248 g/mol. The Morgan fingerprint density at radius 1 is 1.11 bits per heavy atom. The molecule has 5 atom stereocenters. The van der Waals surface area contributed by atoms with Crippen LogP contribution in [0, 0.1) is 17.8 Å². The van der Waals surface area contributed by atoms with Crippen LogP contribution < -0.4 is 10.6 Å². The molecule has 1 heterocycles. The minimum absolute atomic E-state index is 0.164. The van der Waals surface area contributed by atoms with Crippen LogP contribution in [0.4, 0.5) is 4.79 Å². The summed E-state index contributed by atoms with van der Waals surface area (Å²) in [5.74, 6) is -0.496. The number of hydrogen-bond acceptors (Lipinski definition) is 3. The number of carboxylic acids is 1. The number of rotatable bonds is 3. The minimum atomic E-state index is -0.925. The third-order valence-electron chi connectivity index (χ3n) is 4.50. The van der Waals surface area contributed by atoms with Gasteiger partial charge in [-0.2, -0.15) is 0 Å². The Bertz CT molecular complexity index is 361. The summed E-state index contributed by atoms with van der Waals surface area (Å²) in [6, 6.07) is -0.542.